The molecule has 0 atom stereocenters. The number of esters is 2. The molecule has 2 rings (SSSR count). The van der Waals surface area contributed by atoms with E-state index in [0.29, 0.717) is 18.2 Å². The molecular weight excluding hydrogens is 390 g/mol. The number of rotatable bonds is 2. The molecule has 0 aliphatic carbocycles. The second-order valence-electron chi connectivity index (χ2n) is 4.91. The highest BCUT2D eigenvalue weighted by atomic mass is 35.5. The lowest BCUT2D eigenvalue weighted by atomic mass is 10.1. The first-order valence-corrected chi connectivity index (χ1v) is 7.08. The molecule has 0 aliphatic rings. The molecule has 2 aromatic rings. The molecule has 0 unspecified atom stereocenters. The average Bonchev–Trinajstić information content (AvgIpc) is 2.53. The molecule has 10 heteroatoms. The van der Waals surface area contributed by atoms with E-state index in [1.165, 1.54) is 0 Å². The predicted molar refractivity (Wildman–Crippen MR) is 77.6 cm³/mol. The van der Waals surface area contributed by atoms with E-state index >= 15 is 0 Å². The van der Waals surface area contributed by atoms with E-state index in [0.717, 1.165) is 24.3 Å². The molecule has 3 nitrogen and oxygen atoms in total. The van der Waals surface area contributed by atoms with Gasteiger partial charge < -0.3 is 4.74 Å². The first-order valence-electron chi connectivity index (χ1n) is 6.70. The van der Waals surface area contributed by atoms with Crippen LogP contribution in [0.25, 0.3) is 0 Å². The van der Waals surface area contributed by atoms with Crippen molar-refractivity contribution in [3.63, 3.8) is 0 Å². The van der Waals surface area contributed by atoms with Crippen LogP contribution in [0.2, 0.25) is 5.02 Å². The van der Waals surface area contributed by atoms with Crippen molar-refractivity contribution in [1.82, 2.24) is 0 Å². The third-order valence-corrected chi connectivity index (χ3v) is 3.38. The van der Waals surface area contributed by atoms with Crippen molar-refractivity contribution < 1.29 is 40.7 Å². The van der Waals surface area contributed by atoms with E-state index in [4.69, 9.17) is 11.6 Å². The number of carbonyl (C=O) groups excluding carboxylic acids is 2. The number of hydrogen-bond acceptors (Lipinski definition) is 3. The summed E-state index contributed by atoms with van der Waals surface area (Å²) in [5.41, 5.74) is -4.92. The summed E-state index contributed by atoms with van der Waals surface area (Å²) < 4.78 is 81.8. The molecule has 0 radical (unpaired) electrons. The van der Waals surface area contributed by atoms with Crippen molar-refractivity contribution in [2.45, 2.75) is 12.4 Å². The van der Waals surface area contributed by atoms with Crippen LogP contribution in [0.5, 0.6) is 0 Å². The van der Waals surface area contributed by atoms with Gasteiger partial charge in [-0.3, -0.25) is 0 Å². The van der Waals surface area contributed by atoms with Crippen molar-refractivity contribution >= 4 is 23.5 Å². The van der Waals surface area contributed by atoms with Crippen molar-refractivity contribution in [3.8, 4) is 0 Å². The number of carbonyl (C=O) groups is 2. The minimum Gasteiger partial charge on any atom is -0.386 e. The van der Waals surface area contributed by atoms with Gasteiger partial charge in [0.05, 0.1) is 22.3 Å². The van der Waals surface area contributed by atoms with Crippen LogP contribution in [0.3, 0.4) is 0 Å². The Morgan fingerprint density at radius 3 is 1.81 bits per heavy atom. The van der Waals surface area contributed by atoms with Crippen LogP contribution < -0.4 is 0 Å². The van der Waals surface area contributed by atoms with E-state index < -0.39 is 46.5 Å². The molecule has 26 heavy (non-hydrogen) atoms. The van der Waals surface area contributed by atoms with Gasteiger partial charge in [-0.15, -0.1) is 0 Å². The van der Waals surface area contributed by atoms with Gasteiger partial charge in [0.1, 0.15) is 0 Å². The van der Waals surface area contributed by atoms with Crippen LogP contribution in [0.4, 0.5) is 26.3 Å². The molecule has 0 fully saturated rings. The van der Waals surface area contributed by atoms with E-state index in [1.54, 1.807) is 0 Å². The zero-order valence-electron chi connectivity index (χ0n) is 12.4. The fourth-order valence-electron chi connectivity index (χ4n) is 2.03. The molecule has 0 bridgehead atoms. The minimum absolute atomic E-state index is 0.331. The summed E-state index contributed by atoms with van der Waals surface area (Å²) >= 11 is 5.46. The Balaban J connectivity index is 2.37. The Bertz CT molecular complexity index is 858. The highest BCUT2D eigenvalue weighted by Crippen LogP contribution is 2.35. The van der Waals surface area contributed by atoms with Crippen LogP contribution in [0.15, 0.2) is 42.5 Å². The third kappa shape index (κ3) is 4.34. The van der Waals surface area contributed by atoms with Gasteiger partial charge in [-0.1, -0.05) is 23.7 Å². The fraction of sp³-hybridized carbons (Fsp3) is 0.125. The van der Waals surface area contributed by atoms with E-state index in [-0.39, 0.29) is 5.02 Å². The van der Waals surface area contributed by atoms with Crippen LogP contribution in [0.1, 0.15) is 31.8 Å². The van der Waals surface area contributed by atoms with Gasteiger partial charge in [0.25, 0.3) is 0 Å². The lowest BCUT2D eigenvalue weighted by molar-refractivity contribution is -0.138. The maximum atomic E-state index is 13.0. The topological polar surface area (TPSA) is 43.4 Å². The zero-order chi connectivity index (χ0) is 19.7. The van der Waals surface area contributed by atoms with E-state index in [2.05, 4.69) is 4.74 Å². The fourth-order valence-corrected chi connectivity index (χ4v) is 2.20. The molecular formula is C16H7ClF6O3. The summed E-state index contributed by atoms with van der Waals surface area (Å²) in [6.07, 6.45) is -9.91. The predicted octanol–water partition coefficient (Wildman–Crippen LogP) is 5.37. The Hall–Kier alpha value is -2.55. The van der Waals surface area contributed by atoms with Gasteiger partial charge in [-0.25, -0.2) is 9.59 Å². The van der Waals surface area contributed by atoms with Crippen LogP contribution in [0, 0.1) is 0 Å². The number of alkyl halides is 6. The molecule has 0 spiro atoms. The summed E-state index contributed by atoms with van der Waals surface area (Å²) in [5.74, 6) is -3.48. The molecule has 0 saturated heterocycles. The lowest BCUT2D eigenvalue weighted by Gasteiger charge is -2.14. The lowest BCUT2D eigenvalue weighted by Crippen LogP contribution is -2.20. The smallest absolute Gasteiger partial charge is 0.386 e. The number of halogens is 7. The molecule has 0 saturated carbocycles. The van der Waals surface area contributed by atoms with E-state index in [1.807, 2.05) is 0 Å². The monoisotopic (exact) mass is 396 g/mol. The van der Waals surface area contributed by atoms with Crippen molar-refractivity contribution in [1.29, 1.82) is 0 Å². The molecule has 0 amide bonds. The molecule has 2 aromatic carbocycles. The Morgan fingerprint density at radius 1 is 0.769 bits per heavy atom. The quantitative estimate of drug-likeness (QED) is 0.389. The molecule has 138 valence electrons. The normalized spacial score (nSPS) is 12.0. The van der Waals surface area contributed by atoms with Crippen molar-refractivity contribution in [3.05, 3.63) is 69.7 Å². The number of benzene rings is 2. The largest absolute Gasteiger partial charge is 0.417 e. The van der Waals surface area contributed by atoms with Crippen molar-refractivity contribution in [2.24, 2.45) is 0 Å². The number of hydrogen-bond donors (Lipinski definition) is 0. The Morgan fingerprint density at radius 2 is 1.27 bits per heavy atom. The number of ether oxygens (including phenoxy) is 1. The van der Waals surface area contributed by atoms with Crippen molar-refractivity contribution in [2.75, 3.05) is 0 Å². The van der Waals surface area contributed by atoms with Crippen LogP contribution >= 0.6 is 11.6 Å². The Kier molecular flexibility index (Phi) is 5.31. The van der Waals surface area contributed by atoms with Gasteiger partial charge in [-0.2, -0.15) is 26.3 Å². The minimum atomic E-state index is -4.99. The van der Waals surface area contributed by atoms with Gasteiger partial charge in [0.2, 0.25) is 0 Å². The van der Waals surface area contributed by atoms with Gasteiger partial charge in [-0.05, 0) is 30.3 Å². The summed E-state index contributed by atoms with van der Waals surface area (Å²) in [7, 11) is 0. The second kappa shape index (κ2) is 6.99. The van der Waals surface area contributed by atoms with Crippen LogP contribution in [-0.4, -0.2) is 11.9 Å². The van der Waals surface area contributed by atoms with Gasteiger partial charge >= 0.3 is 24.3 Å². The zero-order valence-corrected chi connectivity index (χ0v) is 13.2. The van der Waals surface area contributed by atoms with Gasteiger partial charge in [0.15, 0.2) is 0 Å². The summed E-state index contributed by atoms with van der Waals surface area (Å²) in [6, 6.07) is 5.45. The summed E-state index contributed by atoms with van der Waals surface area (Å²) in [6.45, 7) is 0. The Labute approximate surface area is 147 Å². The first kappa shape index (κ1) is 19.8. The molecule has 0 heterocycles. The molecule has 0 aliphatic heterocycles. The summed E-state index contributed by atoms with van der Waals surface area (Å²) in [5, 5.41) is -0.331. The third-order valence-electron chi connectivity index (χ3n) is 3.14. The maximum Gasteiger partial charge on any atom is 0.417 e. The highest BCUT2D eigenvalue weighted by Gasteiger charge is 2.38. The highest BCUT2D eigenvalue weighted by molar-refractivity contribution is 6.30. The molecule has 0 aromatic heterocycles. The second-order valence-corrected chi connectivity index (χ2v) is 5.34. The first-order chi connectivity index (χ1) is 11.9. The summed E-state index contributed by atoms with van der Waals surface area (Å²) in [4.78, 5) is 23.8. The van der Waals surface area contributed by atoms with E-state index in [9.17, 15) is 35.9 Å². The standard InChI is InChI=1S/C16H7ClF6O3/c17-8-5-6-10(12(7-8)16(21,22)23)14(25)26-13(24)9-3-1-2-4-11(9)15(18,19)20/h1-7H. The van der Waals surface area contributed by atoms with Crippen LogP contribution in [-0.2, 0) is 17.1 Å². The SMILES string of the molecule is O=C(OC(=O)c1ccc(Cl)cc1C(F)(F)F)c1ccccc1C(F)(F)F. The molecule has 0 N–H and O–H groups in total. The average molecular weight is 397 g/mol. The maximum absolute atomic E-state index is 13.0. The van der Waals surface area contributed by atoms with Gasteiger partial charge in [0, 0.05) is 5.02 Å².